The highest BCUT2D eigenvalue weighted by Crippen LogP contribution is 2.20. The summed E-state index contributed by atoms with van der Waals surface area (Å²) in [5.41, 5.74) is -0.0123. The molecular formula is C11H14N6O2. The maximum absolute atomic E-state index is 10.8. The number of anilines is 2. The summed E-state index contributed by atoms with van der Waals surface area (Å²) >= 11 is 0. The molecule has 0 aliphatic rings. The molecule has 8 heteroatoms. The minimum absolute atomic E-state index is 0.0123. The molecule has 0 aliphatic heterocycles. The topological polar surface area (TPSA) is 97.9 Å². The molecule has 100 valence electrons. The van der Waals surface area contributed by atoms with Crippen molar-refractivity contribution < 1.29 is 4.92 Å². The largest absolute Gasteiger partial charge is 0.373 e. The van der Waals surface area contributed by atoms with Crippen LogP contribution in [0, 0.1) is 10.1 Å². The molecule has 19 heavy (non-hydrogen) atoms. The van der Waals surface area contributed by atoms with Gasteiger partial charge in [-0.15, -0.1) is 0 Å². The first-order valence-electron chi connectivity index (χ1n) is 5.64. The molecule has 0 aromatic carbocycles. The number of nitrogens with zero attached hydrogens (tertiary/aromatic N) is 4. The van der Waals surface area contributed by atoms with Crippen molar-refractivity contribution in [2.24, 2.45) is 7.05 Å². The van der Waals surface area contributed by atoms with Crippen LogP contribution in [-0.2, 0) is 13.6 Å². The lowest BCUT2D eigenvalue weighted by molar-refractivity contribution is -0.384. The van der Waals surface area contributed by atoms with Crippen molar-refractivity contribution in [3.05, 3.63) is 40.5 Å². The van der Waals surface area contributed by atoms with Crippen LogP contribution in [0.2, 0.25) is 0 Å². The average Bonchev–Trinajstić information content (AvgIpc) is 2.81. The van der Waals surface area contributed by atoms with E-state index in [9.17, 15) is 10.1 Å². The SMILES string of the molecule is CNc1cc([N+](=O)[O-])cc(NCc2nccn2C)n1. The molecule has 0 fully saturated rings. The third-order valence-corrected chi connectivity index (χ3v) is 2.63. The number of rotatable bonds is 5. The van der Waals surface area contributed by atoms with E-state index in [1.165, 1.54) is 12.1 Å². The van der Waals surface area contributed by atoms with Gasteiger partial charge in [-0.2, -0.15) is 0 Å². The first-order valence-corrected chi connectivity index (χ1v) is 5.64. The zero-order valence-corrected chi connectivity index (χ0v) is 10.6. The third kappa shape index (κ3) is 2.97. The lowest BCUT2D eigenvalue weighted by Gasteiger charge is -2.07. The zero-order valence-electron chi connectivity index (χ0n) is 10.6. The summed E-state index contributed by atoms with van der Waals surface area (Å²) in [6.07, 6.45) is 3.52. The molecule has 0 aliphatic carbocycles. The normalized spacial score (nSPS) is 10.2. The van der Waals surface area contributed by atoms with E-state index in [4.69, 9.17) is 0 Å². The zero-order chi connectivity index (χ0) is 13.8. The third-order valence-electron chi connectivity index (χ3n) is 2.63. The van der Waals surface area contributed by atoms with Gasteiger partial charge in [-0.05, 0) is 0 Å². The molecule has 2 aromatic heterocycles. The van der Waals surface area contributed by atoms with Crippen molar-refractivity contribution >= 4 is 17.3 Å². The van der Waals surface area contributed by atoms with E-state index in [1.807, 2.05) is 17.8 Å². The summed E-state index contributed by atoms with van der Waals surface area (Å²) in [7, 11) is 3.54. The van der Waals surface area contributed by atoms with Gasteiger partial charge in [0, 0.05) is 26.5 Å². The summed E-state index contributed by atoms with van der Waals surface area (Å²) in [4.78, 5) is 18.7. The summed E-state index contributed by atoms with van der Waals surface area (Å²) in [6.45, 7) is 0.445. The van der Waals surface area contributed by atoms with Gasteiger partial charge < -0.3 is 15.2 Å². The summed E-state index contributed by atoms with van der Waals surface area (Å²) in [6, 6.07) is 2.77. The Balaban J connectivity index is 2.17. The number of hydrogen-bond acceptors (Lipinski definition) is 6. The minimum atomic E-state index is -0.450. The molecule has 2 rings (SSSR count). The Morgan fingerprint density at radius 1 is 1.42 bits per heavy atom. The van der Waals surface area contributed by atoms with Crippen LogP contribution >= 0.6 is 0 Å². The predicted molar refractivity (Wildman–Crippen MR) is 71.0 cm³/mol. The van der Waals surface area contributed by atoms with Crippen LogP contribution in [0.5, 0.6) is 0 Å². The number of nitro groups is 1. The molecule has 0 saturated carbocycles. The number of pyridine rings is 1. The van der Waals surface area contributed by atoms with E-state index in [0.29, 0.717) is 18.2 Å². The Kier molecular flexibility index (Phi) is 3.60. The average molecular weight is 262 g/mol. The van der Waals surface area contributed by atoms with Gasteiger partial charge in [0.05, 0.1) is 23.6 Å². The molecule has 0 amide bonds. The Hall–Kier alpha value is -2.64. The van der Waals surface area contributed by atoms with Crippen LogP contribution in [0.25, 0.3) is 0 Å². The van der Waals surface area contributed by atoms with Gasteiger partial charge in [0.2, 0.25) is 0 Å². The van der Waals surface area contributed by atoms with Crippen molar-refractivity contribution in [1.29, 1.82) is 0 Å². The van der Waals surface area contributed by atoms with Crippen molar-refractivity contribution in [2.75, 3.05) is 17.7 Å². The van der Waals surface area contributed by atoms with Crippen LogP contribution in [0.15, 0.2) is 24.5 Å². The van der Waals surface area contributed by atoms with Crippen molar-refractivity contribution in [1.82, 2.24) is 14.5 Å². The molecule has 2 N–H and O–H groups in total. The molecule has 0 unspecified atom stereocenters. The number of imidazole rings is 1. The number of aromatic nitrogens is 3. The highest BCUT2D eigenvalue weighted by Gasteiger charge is 2.10. The fourth-order valence-corrected chi connectivity index (χ4v) is 1.58. The quantitative estimate of drug-likeness (QED) is 0.624. The molecular weight excluding hydrogens is 248 g/mol. The van der Waals surface area contributed by atoms with Crippen LogP contribution in [0.3, 0.4) is 0 Å². The highest BCUT2D eigenvalue weighted by atomic mass is 16.6. The maximum Gasteiger partial charge on any atom is 0.276 e. The number of aryl methyl sites for hydroxylation is 1. The van der Waals surface area contributed by atoms with Gasteiger partial charge in [0.1, 0.15) is 17.5 Å². The smallest absolute Gasteiger partial charge is 0.276 e. The van der Waals surface area contributed by atoms with Gasteiger partial charge in [-0.3, -0.25) is 10.1 Å². The lowest BCUT2D eigenvalue weighted by atomic mass is 10.3. The standard InChI is InChI=1S/C11H14N6O2/c1-12-9-5-8(17(18)19)6-10(15-9)14-7-11-13-3-4-16(11)2/h3-6H,7H2,1-2H3,(H2,12,14,15). The van der Waals surface area contributed by atoms with Crippen molar-refractivity contribution in [2.45, 2.75) is 6.54 Å². The van der Waals surface area contributed by atoms with E-state index < -0.39 is 4.92 Å². The van der Waals surface area contributed by atoms with Crippen LogP contribution in [0.4, 0.5) is 17.3 Å². The summed E-state index contributed by atoms with van der Waals surface area (Å²) in [5.74, 6) is 1.69. The van der Waals surface area contributed by atoms with E-state index in [-0.39, 0.29) is 5.69 Å². The molecule has 0 radical (unpaired) electrons. The van der Waals surface area contributed by atoms with Crippen LogP contribution in [0.1, 0.15) is 5.82 Å². The maximum atomic E-state index is 10.8. The van der Waals surface area contributed by atoms with Crippen LogP contribution < -0.4 is 10.6 Å². The molecule has 0 spiro atoms. The van der Waals surface area contributed by atoms with Gasteiger partial charge in [0.15, 0.2) is 0 Å². The Morgan fingerprint density at radius 2 is 2.16 bits per heavy atom. The van der Waals surface area contributed by atoms with Gasteiger partial charge in [-0.1, -0.05) is 0 Å². The Morgan fingerprint density at radius 3 is 2.74 bits per heavy atom. The first-order chi connectivity index (χ1) is 9.10. The van der Waals surface area contributed by atoms with Gasteiger partial charge in [-0.25, -0.2) is 9.97 Å². The second-order valence-electron chi connectivity index (χ2n) is 3.91. The van der Waals surface area contributed by atoms with Gasteiger partial charge >= 0.3 is 0 Å². The fourth-order valence-electron chi connectivity index (χ4n) is 1.58. The summed E-state index contributed by atoms with van der Waals surface area (Å²) < 4.78 is 1.86. The lowest BCUT2D eigenvalue weighted by Crippen LogP contribution is -2.08. The molecule has 0 atom stereocenters. The summed E-state index contributed by atoms with van der Waals surface area (Å²) in [5, 5.41) is 16.6. The van der Waals surface area contributed by atoms with E-state index in [1.54, 1.807) is 13.2 Å². The van der Waals surface area contributed by atoms with Crippen molar-refractivity contribution in [3.63, 3.8) is 0 Å². The molecule has 0 saturated heterocycles. The minimum Gasteiger partial charge on any atom is -0.373 e. The predicted octanol–water partition coefficient (Wildman–Crippen LogP) is 1.38. The van der Waals surface area contributed by atoms with Crippen LogP contribution in [-0.4, -0.2) is 26.5 Å². The molecule has 2 heterocycles. The second-order valence-corrected chi connectivity index (χ2v) is 3.91. The van der Waals surface area contributed by atoms with Crippen molar-refractivity contribution in [3.8, 4) is 0 Å². The molecule has 0 bridgehead atoms. The van der Waals surface area contributed by atoms with E-state index >= 15 is 0 Å². The van der Waals surface area contributed by atoms with E-state index in [2.05, 4.69) is 20.6 Å². The molecule has 2 aromatic rings. The Bertz CT molecular complexity index is 595. The fraction of sp³-hybridized carbons (Fsp3) is 0.273. The van der Waals surface area contributed by atoms with Gasteiger partial charge in [0.25, 0.3) is 5.69 Å². The number of hydrogen-bond donors (Lipinski definition) is 2. The molecule has 8 nitrogen and oxygen atoms in total. The second kappa shape index (κ2) is 5.34. The first kappa shape index (κ1) is 12.8. The van der Waals surface area contributed by atoms with E-state index in [0.717, 1.165) is 5.82 Å². The highest BCUT2D eigenvalue weighted by molar-refractivity contribution is 5.54. The Labute approximate surface area is 109 Å². The number of nitrogens with one attached hydrogen (secondary N) is 2. The monoisotopic (exact) mass is 262 g/mol.